The van der Waals surface area contributed by atoms with Gasteiger partial charge in [-0.15, -0.1) is 36.2 Å². The Bertz CT molecular complexity index is 489. The summed E-state index contributed by atoms with van der Waals surface area (Å²) >= 11 is 1.73. The predicted molar refractivity (Wildman–Crippen MR) is 102 cm³/mol. The maximum absolute atomic E-state index is 12.0. The fraction of sp³-hybridized carbons (Fsp3) is 0.750. The van der Waals surface area contributed by atoms with Crippen LogP contribution in [0.5, 0.6) is 0 Å². The second-order valence-electron chi connectivity index (χ2n) is 6.12. The second-order valence-corrected chi connectivity index (χ2v) is 7.07. The maximum atomic E-state index is 12.0. The molecule has 24 heavy (non-hydrogen) atoms. The first-order valence-corrected chi connectivity index (χ1v) is 9.24. The van der Waals surface area contributed by atoms with Crippen molar-refractivity contribution in [1.29, 1.82) is 0 Å². The zero-order valence-electron chi connectivity index (χ0n) is 13.8. The lowest BCUT2D eigenvalue weighted by Crippen LogP contribution is -2.51. The molecule has 1 saturated heterocycles. The molecule has 0 aromatic carbocycles. The number of nitrogens with one attached hydrogen (secondary N) is 2. The van der Waals surface area contributed by atoms with Crippen LogP contribution in [0, 0.1) is 0 Å². The molecule has 0 bridgehead atoms. The van der Waals surface area contributed by atoms with E-state index in [0.717, 1.165) is 18.0 Å². The van der Waals surface area contributed by atoms with E-state index in [1.807, 2.05) is 0 Å². The summed E-state index contributed by atoms with van der Waals surface area (Å²) in [5.41, 5.74) is 1.27. The van der Waals surface area contributed by atoms with E-state index in [9.17, 15) is 4.79 Å². The van der Waals surface area contributed by atoms with Crippen molar-refractivity contribution in [2.75, 3.05) is 26.3 Å². The molecule has 1 atom stereocenters. The van der Waals surface area contributed by atoms with Crippen LogP contribution in [0.15, 0.2) is 5.38 Å². The topological polar surface area (TPSA) is 63.2 Å². The molecule has 2 fully saturated rings. The van der Waals surface area contributed by atoms with Gasteiger partial charge in [0.25, 0.3) is 0 Å². The first kappa shape index (κ1) is 21.6. The first-order valence-electron chi connectivity index (χ1n) is 8.36. The predicted octanol–water partition coefficient (Wildman–Crippen LogP) is 2.68. The van der Waals surface area contributed by atoms with Crippen molar-refractivity contribution in [1.82, 2.24) is 15.6 Å². The number of nitrogens with zero attached hydrogens (tertiary/aromatic N) is 1. The molecule has 1 amide bonds. The largest absolute Gasteiger partial charge is 0.378 e. The third kappa shape index (κ3) is 6.15. The number of hydrogen-bond acceptors (Lipinski definition) is 5. The number of thiazole rings is 1. The number of amides is 1. The van der Waals surface area contributed by atoms with E-state index in [1.165, 1.54) is 37.8 Å². The Hall–Kier alpha value is -0.400. The van der Waals surface area contributed by atoms with Crippen LogP contribution in [-0.4, -0.2) is 43.2 Å². The van der Waals surface area contributed by atoms with Crippen LogP contribution in [0.1, 0.15) is 48.7 Å². The highest BCUT2D eigenvalue weighted by atomic mass is 35.5. The van der Waals surface area contributed by atoms with Crippen molar-refractivity contribution in [3.8, 4) is 0 Å². The van der Waals surface area contributed by atoms with Gasteiger partial charge in [0.05, 0.1) is 23.9 Å². The zero-order chi connectivity index (χ0) is 15.2. The lowest BCUT2D eigenvalue weighted by Gasteiger charge is -2.22. The van der Waals surface area contributed by atoms with Gasteiger partial charge in [0.2, 0.25) is 5.91 Å². The van der Waals surface area contributed by atoms with E-state index >= 15 is 0 Å². The van der Waals surface area contributed by atoms with Gasteiger partial charge >= 0.3 is 0 Å². The molecule has 1 aliphatic heterocycles. The molecule has 0 spiro atoms. The molecule has 1 unspecified atom stereocenters. The summed E-state index contributed by atoms with van der Waals surface area (Å²) in [5.74, 6) is 0.695. The van der Waals surface area contributed by atoms with Crippen LogP contribution in [0.3, 0.4) is 0 Å². The standard InChI is InChI=1S/C16H25N3O2S.2ClH/c20-16(13-10-21-9-8-17-13)18-7-6-15-19-14(11-22-15)12-4-2-1-3-5-12;;/h11-13,17H,1-10H2,(H,18,20);2*1H. The number of carbonyl (C=O) groups excluding carboxylic acids is 1. The molecule has 3 rings (SSSR count). The Balaban J connectivity index is 0.00000144. The lowest BCUT2D eigenvalue weighted by molar-refractivity contribution is -0.125. The average molecular weight is 396 g/mol. The number of halogens is 2. The highest BCUT2D eigenvalue weighted by Crippen LogP contribution is 2.33. The minimum absolute atomic E-state index is 0. The van der Waals surface area contributed by atoms with Gasteiger partial charge in [0.15, 0.2) is 0 Å². The van der Waals surface area contributed by atoms with Crippen molar-refractivity contribution < 1.29 is 9.53 Å². The molecule has 5 nitrogen and oxygen atoms in total. The number of ether oxygens (including phenoxy) is 1. The molecule has 8 heteroatoms. The summed E-state index contributed by atoms with van der Waals surface area (Å²) in [7, 11) is 0. The Morgan fingerprint density at radius 3 is 2.83 bits per heavy atom. The van der Waals surface area contributed by atoms with Crippen molar-refractivity contribution in [2.24, 2.45) is 0 Å². The highest BCUT2D eigenvalue weighted by molar-refractivity contribution is 7.09. The van der Waals surface area contributed by atoms with E-state index in [4.69, 9.17) is 9.72 Å². The van der Waals surface area contributed by atoms with Crippen molar-refractivity contribution in [2.45, 2.75) is 50.5 Å². The SMILES string of the molecule is Cl.Cl.O=C(NCCc1nc(C2CCCCC2)cs1)C1COCCN1. The summed E-state index contributed by atoms with van der Waals surface area (Å²) in [6.45, 7) is 2.55. The molecule has 1 aliphatic carbocycles. The van der Waals surface area contributed by atoms with Crippen molar-refractivity contribution in [3.63, 3.8) is 0 Å². The summed E-state index contributed by atoms with van der Waals surface area (Å²) in [6.07, 6.45) is 7.43. The van der Waals surface area contributed by atoms with Gasteiger partial charge in [-0.1, -0.05) is 19.3 Å². The van der Waals surface area contributed by atoms with Crippen LogP contribution in [-0.2, 0) is 16.0 Å². The van der Waals surface area contributed by atoms with Gasteiger partial charge in [0.1, 0.15) is 6.04 Å². The van der Waals surface area contributed by atoms with E-state index < -0.39 is 0 Å². The Morgan fingerprint density at radius 1 is 1.33 bits per heavy atom. The van der Waals surface area contributed by atoms with Gasteiger partial charge < -0.3 is 15.4 Å². The number of aromatic nitrogens is 1. The molecular formula is C16H27Cl2N3O2S. The Morgan fingerprint density at radius 2 is 2.12 bits per heavy atom. The summed E-state index contributed by atoms with van der Waals surface area (Å²) in [5, 5.41) is 9.48. The third-order valence-electron chi connectivity index (χ3n) is 4.47. The van der Waals surface area contributed by atoms with E-state index in [2.05, 4.69) is 16.0 Å². The highest BCUT2D eigenvalue weighted by Gasteiger charge is 2.21. The molecule has 2 aliphatic rings. The average Bonchev–Trinajstić information content (AvgIpc) is 3.05. The molecule has 1 saturated carbocycles. The second kappa shape index (κ2) is 11.3. The minimum Gasteiger partial charge on any atom is -0.378 e. The van der Waals surface area contributed by atoms with Crippen LogP contribution in [0.2, 0.25) is 0 Å². The fourth-order valence-electron chi connectivity index (χ4n) is 3.18. The third-order valence-corrected chi connectivity index (χ3v) is 5.40. The van der Waals surface area contributed by atoms with E-state index in [-0.39, 0.29) is 36.8 Å². The smallest absolute Gasteiger partial charge is 0.239 e. The van der Waals surface area contributed by atoms with Crippen LogP contribution < -0.4 is 10.6 Å². The quantitative estimate of drug-likeness (QED) is 0.804. The summed E-state index contributed by atoms with van der Waals surface area (Å²) < 4.78 is 5.30. The van der Waals surface area contributed by atoms with Gasteiger partial charge in [-0.3, -0.25) is 4.79 Å². The maximum Gasteiger partial charge on any atom is 0.239 e. The minimum atomic E-state index is -0.206. The zero-order valence-corrected chi connectivity index (χ0v) is 16.2. The van der Waals surface area contributed by atoms with Crippen LogP contribution in [0.25, 0.3) is 0 Å². The number of hydrogen-bond donors (Lipinski definition) is 2. The summed E-state index contributed by atoms with van der Waals surface area (Å²) in [6, 6.07) is -0.206. The van der Waals surface area contributed by atoms with Crippen LogP contribution >= 0.6 is 36.2 Å². The monoisotopic (exact) mass is 395 g/mol. The Labute approximate surface area is 160 Å². The van der Waals surface area contributed by atoms with Gasteiger partial charge in [-0.25, -0.2) is 4.98 Å². The van der Waals surface area contributed by atoms with Gasteiger partial charge in [0, 0.05) is 30.8 Å². The molecule has 2 heterocycles. The van der Waals surface area contributed by atoms with Crippen molar-refractivity contribution in [3.05, 3.63) is 16.1 Å². The fourth-order valence-corrected chi connectivity index (χ4v) is 4.06. The van der Waals surface area contributed by atoms with Gasteiger partial charge in [-0.05, 0) is 12.8 Å². The number of rotatable bonds is 5. The lowest BCUT2D eigenvalue weighted by atomic mass is 9.87. The first-order chi connectivity index (χ1) is 10.8. The molecular weight excluding hydrogens is 369 g/mol. The van der Waals surface area contributed by atoms with E-state index in [1.54, 1.807) is 11.3 Å². The molecule has 1 aromatic heterocycles. The van der Waals surface area contributed by atoms with Gasteiger partial charge in [-0.2, -0.15) is 0 Å². The Kier molecular flexibility index (Phi) is 10.2. The normalized spacial score (nSPS) is 21.4. The molecule has 1 aromatic rings. The van der Waals surface area contributed by atoms with Crippen molar-refractivity contribution >= 4 is 42.1 Å². The molecule has 138 valence electrons. The summed E-state index contributed by atoms with van der Waals surface area (Å²) in [4.78, 5) is 16.7. The molecule has 2 N–H and O–H groups in total. The number of carbonyl (C=O) groups is 1. The number of morpholine rings is 1. The molecule has 0 radical (unpaired) electrons. The van der Waals surface area contributed by atoms with Crippen LogP contribution in [0.4, 0.5) is 0 Å². The van der Waals surface area contributed by atoms with E-state index in [0.29, 0.717) is 25.7 Å².